The molecule has 108 valence electrons. The largest absolute Gasteiger partial charge is 0.481 e. The lowest BCUT2D eigenvalue weighted by Gasteiger charge is -2.36. The van der Waals surface area contributed by atoms with Crippen LogP contribution >= 0.6 is 0 Å². The molecule has 0 bridgehead atoms. The highest BCUT2D eigenvalue weighted by molar-refractivity contribution is 5.80. The summed E-state index contributed by atoms with van der Waals surface area (Å²) in [6, 6.07) is 0. The number of aliphatic carboxylic acids is 1. The Balaban J connectivity index is 1.93. The summed E-state index contributed by atoms with van der Waals surface area (Å²) in [5.74, 6) is -0.247. The minimum Gasteiger partial charge on any atom is -0.481 e. The summed E-state index contributed by atoms with van der Waals surface area (Å²) >= 11 is 0. The van der Waals surface area contributed by atoms with Crippen LogP contribution in [0.5, 0.6) is 0 Å². The first-order chi connectivity index (χ1) is 9.11. The predicted octanol–water partition coefficient (Wildman–Crippen LogP) is 2.53. The van der Waals surface area contributed by atoms with E-state index in [0.717, 1.165) is 45.2 Å². The van der Waals surface area contributed by atoms with E-state index >= 15 is 0 Å². The Kier molecular flexibility index (Phi) is 4.83. The van der Waals surface area contributed by atoms with Crippen molar-refractivity contribution < 1.29 is 14.7 Å². The lowest BCUT2D eigenvalue weighted by atomic mass is 9.80. The van der Waals surface area contributed by atoms with Gasteiger partial charge >= 0.3 is 5.97 Å². The van der Waals surface area contributed by atoms with Gasteiger partial charge in [-0.05, 0) is 38.0 Å². The zero-order valence-corrected chi connectivity index (χ0v) is 11.8. The standard InChI is InChI=1S/C15H25NO3/c1-2-11-5-4-8-16(10-11)14(17)12-6-3-7-13(9-12)15(18)19/h11-13H,2-10H2,1H3,(H,18,19). The van der Waals surface area contributed by atoms with Crippen molar-refractivity contribution in [2.45, 2.75) is 51.9 Å². The van der Waals surface area contributed by atoms with Gasteiger partial charge in [0.15, 0.2) is 0 Å². The van der Waals surface area contributed by atoms with Crippen molar-refractivity contribution in [2.75, 3.05) is 13.1 Å². The molecule has 3 unspecified atom stereocenters. The van der Waals surface area contributed by atoms with E-state index in [0.29, 0.717) is 12.3 Å². The van der Waals surface area contributed by atoms with E-state index in [1.165, 1.54) is 6.42 Å². The van der Waals surface area contributed by atoms with Crippen molar-refractivity contribution in [3.63, 3.8) is 0 Å². The number of hydrogen-bond donors (Lipinski definition) is 1. The summed E-state index contributed by atoms with van der Waals surface area (Å²) in [4.78, 5) is 25.6. The molecule has 1 aliphatic carbocycles. The first-order valence-electron chi connectivity index (χ1n) is 7.63. The Hall–Kier alpha value is -1.06. The maximum absolute atomic E-state index is 12.5. The van der Waals surface area contributed by atoms with E-state index in [2.05, 4.69) is 6.92 Å². The second-order valence-corrected chi connectivity index (χ2v) is 6.10. The zero-order chi connectivity index (χ0) is 13.8. The van der Waals surface area contributed by atoms with Crippen LogP contribution in [0.3, 0.4) is 0 Å². The van der Waals surface area contributed by atoms with Gasteiger partial charge in [-0.1, -0.05) is 19.8 Å². The average Bonchev–Trinajstić information content (AvgIpc) is 2.46. The number of likely N-dealkylation sites (tertiary alicyclic amines) is 1. The molecule has 2 aliphatic rings. The van der Waals surface area contributed by atoms with Gasteiger partial charge in [0.2, 0.25) is 5.91 Å². The van der Waals surface area contributed by atoms with E-state index in [9.17, 15) is 9.59 Å². The highest BCUT2D eigenvalue weighted by Gasteiger charge is 2.34. The van der Waals surface area contributed by atoms with Crippen LogP contribution in [0.1, 0.15) is 51.9 Å². The van der Waals surface area contributed by atoms with Crippen molar-refractivity contribution in [3.8, 4) is 0 Å². The number of amides is 1. The van der Waals surface area contributed by atoms with Crippen LogP contribution < -0.4 is 0 Å². The summed E-state index contributed by atoms with van der Waals surface area (Å²) < 4.78 is 0. The normalized spacial score (nSPS) is 32.1. The van der Waals surface area contributed by atoms with Gasteiger partial charge in [0.05, 0.1) is 5.92 Å². The third kappa shape index (κ3) is 3.48. The van der Waals surface area contributed by atoms with E-state index in [1.54, 1.807) is 0 Å². The molecule has 4 nitrogen and oxygen atoms in total. The van der Waals surface area contributed by atoms with E-state index in [1.807, 2.05) is 4.90 Å². The second kappa shape index (κ2) is 6.40. The molecular formula is C15H25NO3. The molecule has 2 fully saturated rings. The SMILES string of the molecule is CCC1CCCN(C(=O)C2CCCC(C(=O)O)C2)C1. The number of hydrogen-bond acceptors (Lipinski definition) is 2. The van der Waals surface area contributed by atoms with Crippen LogP contribution in [0.2, 0.25) is 0 Å². The predicted molar refractivity (Wildman–Crippen MR) is 72.7 cm³/mol. The second-order valence-electron chi connectivity index (χ2n) is 6.10. The number of carboxylic acids is 1. The van der Waals surface area contributed by atoms with Gasteiger partial charge < -0.3 is 10.0 Å². The van der Waals surface area contributed by atoms with Crippen LogP contribution in [0.25, 0.3) is 0 Å². The number of piperidine rings is 1. The van der Waals surface area contributed by atoms with Gasteiger partial charge in [0.1, 0.15) is 0 Å². The monoisotopic (exact) mass is 267 g/mol. The fourth-order valence-corrected chi connectivity index (χ4v) is 3.50. The zero-order valence-electron chi connectivity index (χ0n) is 11.8. The molecule has 0 aromatic rings. The molecule has 1 amide bonds. The van der Waals surface area contributed by atoms with Crippen molar-refractivity contribution in [3.05, 3.63) is 0 Å². The number of carbonyl (C=O) groups is 2. The molecule has 4 heteroatoms. The lowest BCUT2D eigenvalue weighted by Crippen LogP contribution is -2.44. The van der Waals surface area contributed by atoms with E-state index in [-0.39, 0.29) is 17.7 Å². The number of rotatable bonds is 3. The molecule has 1 saturated heterocycles. The molecule has 0 radical (unpaired) electrons. The van der Waals surface area contributed by atoms with E-state index < -0.39 is 5.97 Å². The highest BCUT2D eigenvalue weighted by Crippen LogP contribution is 2.31. The van der Waals surface area contributed by atoms with Crippen LogP contribution in [0, 0.1) is 17.8 Å². The number of carboxylic acid groups (broad SMARTS) is 1. The lowest BCUT2D eigenvalue weighted by molar-refractivity contribution is -0.146. The summed E-state index contributed by atoms with van der Waals surface area (Å²) in [5.41, 5.74) is 0. The molecular weight excluding hydrogens is 242 g/mol. The first-order valence-corrected chi connectivity index (χ1v) is 7.63. The molecule has 0 spiro atoms. The van der Waals surface area contributed by atoms with E-state index in [4.69, 9.17) is 5.11 Å². The number of carbonyl (C=O) groups excluding carboxylic acids is 1. The van der Waals surface area contributed by atoms with Gasteiger partial charge in [-0.2, -0.15) is 0 Å². The minimum absolute atomic E-state index is 0.0505. The molecule has 0 aromatic heterocycles. The molecule has 0 aromatic carbocycles. The van der Waals surface area contributed by atoms with Crippen molar-refractivity contribution >= 4 is 11.9 Å². The smallest absolute Gasteiger partial charge is 0.306 e. The summed E-state index contributed by atoms with van der Waals surface area (Å²) in [7, 11) is 0. The Bertz CT molecular complexity index is 342. The van der Waals surface area contributed by atoms with Crippen molar-refractivity contribution in [1.29, 1.82) is 0 Å². The number of nitrogens with zero attached hydrogens (tertiary/aromatic N) is 1. The maximum Gasteiger partial charge on any atom is 0.306 e. The third-order valence-electron chi connectivity index (χ3n) is 4.78. The summed E-state index contributed by atoms with van der Waals surface area (Å²) in [5, 5.41) is 9.10. The Labute approximate surface area is 115 Å². The molecule has 1 N–H and O–H groups in total. The fraction of sp³-hybridized carbons (Fsp3) is 0.867. The summed E-state index contributed by atoms with van der Waals surface area (Å²) in [6.45, 7) is 3.92. The quantitative estimate of drug-likeness (QED) is 0.855. The van der Waals surface area contributed by atoms with Gasteiger partial charge in [0, 0.05) is 19.0 Å². The van der Waals surface area contributed by atoms with Gasteiger partial charge in [-0.15, -0.1) is 0 Å². The maximum atomic E-state index is 12.5. The van der Waals surface area contributed by atoms with Gasteiger partial charge in [-0.25, -0.2) is 0 Å². The molecule has 19 heavy (non-hydrogen) atoms. The molecule has 1 saturated carbocycles. The Morgan fingerprint density at radius 3 is 2.58 bits per heavy atom. The Morgan fingerprint density at radius 1 is 1.16 bits per heavy atom. The van der Waals surface area contributed by atoms with Crippen LogP contribution in [0.15, 0.2) is 0 Å². The highest BCUT2D eigenvalue weighted by atomic mass is 16.4. The molecule has 1 aliphatic heterocycles. The minimum atomic E-state index is -0.734. The van der Waals surface area contributed by atoms with Crippen LogP contribution in [-0.4, -0.2) is 35.0 Å². The topological polar surface area (TPSA) is 57.6 Å². The molecule has 1 heterocycles. The summed E-state index contributed by atoms with van der Waals surface area (Å²) in [6.07, 6.45) is 6.47. The van der Waals surface area contributed by atoms with Crippen LogP contribution in [0.4, 0.5) is 0 Å². The average molecular weight is 267 g/mol. The Morgan fingerprint density at radius 2 is 1.89 bits per heavy atom. The van der Waals surface area contributed by atoms with Crippen LogP contribution in [-0.2, 0) is 9.59 Å². The first kappa shape index (κ1) is 14.4. The molecule has 3 atom stereocenters. The van der Waals surface area contributed by atoms with Crippen molar-refractivity contribution in [2.24, 2.45) is 17.8 Å². The van der Waals surface area contributed by atoms with Gasteiger partial charge in [-0.3, -0.25) is 9.59 Å². The van der Waals surface area contributed by atoms with Gasteiger partial charge in [0.25, 0.3) is 0 Å². The fourth-order valence-electron chi connectivity index (χ4n) is 3.50. The molecule has 2 rings (SSSR count). The van der Waals surface area contributed by atoms with Crippen molar-refractivity contribution in [1.82, 2.24) is 4.90 Å². The third-order valence-corrected chi connectivity index (χ3v) is 4.78.